The highest BCUT2D eigenvalue weighted by atomic mass is 32.2. The summed E-state index contributed by atoms with van der Waals surface area (Å²) in [5.41, 5.74) is 1.29. The Morgan fingerprint density at radius 1 is 1.37 bits per heavy atom. The number of thioether (sulfide) groups is 1. The molecule has 0 bridgehead atoms. The fourth-order valence-corrected chi connectivity index (χ4v) is 3.78. The van der Waals surface area contributed by atoms with Crippen LogP contribution < -0.4 is 10.5 Å². The number of benzene rings is 1. The van der Waals surface area contributed by atoms with Gasteiger partial charge >= 0.3 is 0 Å². The van der Waals surface area contributed by atoms with Crippen molar-refractivity contribution in [3.63, 3.8) is 0 Å². The van der Waals surface area contributed by atoms with E-state index in [1.54, 1.807) is 36.0 Å². The monoisotopic (exact) mass is 300 g/mol. The Labute approximate surface area is 117 Å². The topological polar surface area (TPSA) is 89.3 Å². The highest BCUT2D eigenvalue weighted by Crippen LogP contribution is 2.24. The Kier molecular flexibility index (Phi) is 4.49. The zero-order chi connectivity index (χ0) is 13.9. The molecule has 1 amide bonds. The molecule has 3 N–H and O–H groups in total. The van der Waals surface area contributed by atoms with Crippen molar-refractivity contribution < 1.29 is 13.2 Å². The standard InChI is InChI=1S/C12H16N2O3S2/c13-19(16,17)8-9-1-3-11(4-2-9)14-12(15)10-5-6-18-7-10/h1-4,10H,5-8H2,(H,14,15)(H2,13,16,17). The zero-order valence-corrected chi connectivity index (χ0v) is 12.0. The van der Waals surface area contributed by atoms with Crippen LogP contribution in [0, 0.1) is 5.92 Å². The molecule has 1 aliphatic rings. The number of nitrogens with one attached hydrogen (secondary N) is 1. The predicted octanol–water partition coefficient (Wildman–Crippen LogP) is 1.17. The SMILES string of the molecule is NS(=O)(=O)Cc1ccc(NC(=O)C2CCSC2)cc1. The molecule has 1 unspecified atom stereocenters. The Balaban J connectivity index is 1.96. The Bertz CT molecular complexity index is 549. The van der Waals surface area contributed by atoms with Gasteiger partial charge in [0.25, 0.3) is 0 Å². The van der Waals surface area contributed by atoms with Crippen LogP contribution in [0.2, 0.25) is 0 Å². The molecule has 1 heterocycles. The minimum Gasteiger partial charge on any atom is -0.326 e. The predicted molar refractivity (Wildman–Crippen MR) is 77.3 cm³/mol. The summed E-state index contributed by atoms with van der Waals surface area (Å²) in [6.07, 6.45) is 0.917. The highest BCUT2D eigenvalue weighted by Gasteiger charge is 2.23. The van der Waals surface area contributed by atoms with E-state index in [2.05, 4.69) is 5.32 Å². The van der Waals surface area contributed by atoms with Gasteiger partial charge in [0.1, 0.15) is 0 Å². The molecule has 0 aromatic heterocycles. The minimum absolute atomic E-state index is 0.0317. The van der Waals surface area contributed by atoms with E-state index in [1.165, 1.54) is 0 Å². The van der Waals surface area contributed by atoms with Crippen LogP contribution in [0.25, 0.3) is 0 Å². The molecule has 0 spiro atoms. The fraction of sp³-hybridized carbons (Fsp3) is 0.417. The van der Waals surface area contributed by atoms with Crippen LogP contribution in [0.5, 0.6) is 0 Å². The maximum atomic E-state index is 11.9. The number of carbonyl (C=O) groups excluding carboxylic acids is 1. The van der Waals surface area contributed by atoms with Crippen molar-refractivity contribution >= 4 is 33.4 Å². The summed E-state index contributed by atoms with van der Waals surface area (Å²) in [6, 6.07) is 6.70. The van der Waals surface area contributed by atoms with Gasteiger partial charge in [0.05, 0.1) is 5.75 Å². The number of nitrogens with two attached hydrogens (primary N) is 1. The summed E-state index contributed by atoms with van der Waals surface area (Å²) >= 11 is 1.79. The molecule has 5 nitrogen and oxygen atoms in total. The molecule has 1 atom stereocenters. The zero-order valence-electron chi connectivity index (χ0n) is 10.3. The van der Waals surface area contributed by atoms with Crippen molar-refractivity contribution in [3.8, 4) is 0 Å². The van der Waals surface area contributed by atoms with Crippen LogP contribution in [0.15, 0.2) is 24.3 Å². The fourth-order valence-electron chi connectivity index (χ4n) is 1.90. The van der Waals surface area contributed by atoms with Gasteiger partial charge in [0.15, 0.2) is 0 Å². The summed E-state index contributed by atoms with van der Waals surface area (Å²) in [4.78, 5) is 11.9. The van der Waals surface area contributed by atoms with E-state index >= 15 is 0 Å². The molecule has 1 aromatic rings. The first kappa shape index (κ1) is 14.4. The van der Waals surface area contributed by atoms with Crippen LogP contribution in [0.3, 0.4) is 0 Å². The maximum Gasteiger partial charge on any atom is 0.228 e. The molecule has 1 aliphatic heterocycles. The van der Waals surface area contributed by atoms with E-state index in [0.717, 1.165) is 17.9 Å². The molecular weight excluding hydrogens is 284 g/mol. The van der Waals surface area contributed by atoms with Gasteiger partial charge in [-0.25, -0.2) is 13.6 Å². The number of rotatable bonds is 4. The molecular formula is C12H16N2O3S2. The quantitative estimate of drug-likeness (QED) is 0.873. The summed E-state index contributed by atoms with van der Waals surface area (Å²) in [7, 11) is -3.52. The molecule has 7 heteroatoms. The molecule has 2 rings (SSSR count). The van der Waals surface area contributed by atoms with Crippen LogP contribution >= 0.6 is 11.8 Å². The third kappa shape index (κ3) is 4.52. The van der Waals surface area contributed by atoms with Crippen LogP contribution in [-0.4, -0.2) is 25.8 Å². The van der Waals surface area contributed by atoms with Crippen molar-refractivity contribution in [2.45, 2.75) is 12.2 Å². The second-order valence-corrected chi connectivity index (χ2v) is 7.32. The molecule has 1 aromatic carbocycles. The van der Waals surface area contributed by atoms with Gasteiger partial charge < -0.3 is 5.32 Å². The first-order valence-electron chi connectivity index (χ1n) is 5.92. The van der Waals surface area contributed by atoms with Crippen LogP contribution in [-0.2, 0) is 20.6 Å². The largest absolute Gasteiger partial charge is 0.326 e. The lowest BCUT2D eigenvalue weighted by atomic mass is 10.1. The average Bonchev–Trinajstić information content (AvgIpc) is 2.83. The molecule has 1 saturated heterocycles. The van der Waals surface area contributed by atoms with Crippen molar-refractivity contribution in [1.82, 2.24) is 0 Å². The second-order valence-electron chi connectivity index (χ2n) is 4.55. The first-order chi connectivity index (χ1) is 8.94. The van der Waals surface area contributed by atoms with Crippen molar-refractivity contribution in [2.75, 3.05) is 16.8 Å². The van der Waals surface area contributed by atoms with Gasteiger partial charge in [0, 0.05) is 17.4 Å². The molecule has 1 fully saturated rings. The second kappa shape index (κ2) is 5.94. The summed E-state index contributed by atoms with van der Waals surface area (Å²) in [5.74, 6) is 1.82. The van der Waals surface area contributed by atoms with Gasteiger partial charge in [-0.1, -0.05) is 12.1 Å². The third-order valence-corrected chi connectivity index (χ3v) is 4.79. The van der Waals surface area contributed by atoms with Crippen molar-refractivity contribution in [3.05, 3.63) is 29.8 Å². The molecule has 0 radical (unpaired) electrons. The number of carbonyl (C=O) groups is 1. The van der Waals surface area contributed by atoms with Gasteiger partial charge in [-0.05, 0) is 29.9 Å². The lowest BCUT2D eigenvalue weighted by Crippen LogP contribution is -2.22. The summed E-state index contributed by atoms with van der Waals surface area (Å²) < 4.78 is 21.9. The highest BCUT2D eigenvalue weighted by molar-refractivity contribution is 7.99. The minimum atomic E-state index is -3.52. The number of sulfonamides is 1. The van der Waals surface area contributed by atoms with E-state index in [4.69, 9.17) is 5.14 Å². The average molecular weight is 300 g/mol. The lowest BCUT2D eigenvalue weighted by Gasteiger charge is -2.10. The molecule has 0 saturated carbocycles. The van der Waals surface area contributed by atoms with E-state index < -0.39 is 10.0 Å². The number of amides is 1. The van der Waals surface area contributed by atoms with Crippen molar-refractivity contribution in [2.24, 2.45) is 11.1 Å². The number of anilines is 1. The number of primary sulfonamides is 1. The van der Waals surface area contributed by atoms with E-state index in [9.17, 15) is 13.2 Å². The molecule has 104 valence electrons. The van der Waals surface area contributed by atoms with Gasteiger partial charge in [-0.3, -0.25) is 4.79 Å². The number of hydrogen-bond donors (Lipinski definition) is 2. The normalized spacial score (nSPS) is 19.3. The smallest absolute Gasteiger partial charge is 0.228 e. The van der Waals surface area contributed by atoms with Gasteiger partial charge in [-0.2, -0.15) is 11.8 Å². The number of hydrogen-bond acceptors (Lipinski definition) is 4. The Morgan fingerprint density at radius 2 is 2.05 bits per heavy atom. The van der Waals surface area contributed by atoms with Crippen LogP contribution in [0.1, 0.15) is 12.0 Å². The lowest BCUT2D eigenvalue weighted by molar-refractivity contribution is -0.119. The van der Waals surface area contributed by atoms with E-state index in [1.807, 2.05) is 0 Å². The molecule has 19 heavy (non-hydrogen) atoms. The Hall–Kier alpha value is -1.05. The van der Waals surface area contributed by atoms with E-state index in [0.29, 0.717) is 11.3 Å². The summed E-state index contributed by atoms with van der Waals surface area (Å²) in [5, 5.41) is 7.81. The van der Waals surface area contributed by atoms with Crippen molar-refractivity contribution in [1.29, 1.82) is 0 Å². The Morgan fingerprint density at radius 3 is 2.58 bits per heavy atom. The third-order valence-electron chi connectivity index (χ3n) is 2.89. The van der Waals surface area contributed by atoms with Crippen LogP contribution in [0.4, 0.5) is 5.69 Å². The first-order valence-corrected chi connectivity index (χ1v) is 8.79. The van der Waals surface area contributed by atoms with Gasteiger partial charge in [0.2, 0.25) is 15.9 Å². The maximum absolute atomic E-state index is 11.9. The summed E-state index contributed by atoms with van der Waals surface area (Å²) in [6.45, 7) is 0. The van der Waals surface area contributed by atoms with E-state index in [-0.39, 0.29) is 17.6 Å². The molecule has 0 aliphatic carbocycles. The van der Waals surface area contributed by atoms with Gasteiger partial charge in [-0.15, -0.1) is 0 Å².